The summed E-state index contributed by atoms with van der Waals surface area (Å²) in [6.07, 6.45) is 6.53. The lowest BCUT2D eigenvalue weighted by Crippen LogP contribution is -2.48. The van der Waals surface area contributed by atoms with Crippen molar-refractivity contribution in [1.82, 2.24) is 19.8 Å². The van der Waals surface area contributed by atoms with E-state index in [2.05, 4.69) is 14.9 Å². The third-order valence-electron chi connectivity index (χ3n) is 4.75. The summed E-state index contributed by atoms with van der Waals surface area (Å²) in [6.45, 7) is 4.52. The molecule has 1 N–H and O–H groups in total. The van der Waals surface area contributed by atoms with Crippen molar-refractivity contribution >= 4 is 5.91 Å². The number of rotatable bonds is 5. The number of carbonyl (C=O) groups is 1. The van der Waals surface area contributed by atoms with Gasteiger partial charge in [0.05, 0.1) is 25.6 Å². The predicted octanol–water partition coefficient (Wildman–Crippen LogP) is 0.416. The smallest absolute Gasteiger partial charge is 0.250 e. The molecule has 1 aromatic rings. The first-order valence-electron chi connectivity index (χ1n) is 8.86. The molecule has 3 rings (SSSR count). The number of morpholine rings is 1. The first-order chi connectivity index (χ1) is 11.7. The zero-order chi connectivity index (χ0) is 16.8. The van der Waals surface area contributed by atoms with Gasteiger partial charge >= 0.3 is 0 Å². The summed E-state index contributed by atoms with van der Waals surface area (Å²) in [7, 11) is 0. The minimum Gasteiger partial charge on any atom is -0.376 e. The number of nitrogens with one attached hydrogen (secondary N) is 1. The molecule has 0 spiro atoms. The quantitative estimate of drug-likeness (QED) is 0.844. The zero-order valence-electron chi connectivity index (χ0n) is 14.1. The Hall–Kier alpha value is -1.73. The van der Waals surface area contributed by atoms with Gasteiger partial charge in [-0.05, 0) is 32.1 Å². The molecule has 7 nitrogen and oxygen atoms in total. The largest absolute Gasteiger partial charge is 0.376 e. The van der Waals surface area contributed by atoms with Crippen LogP contribution in [-0.4, -0.2) is 71.1 Å². The van der Waals surface area contributed by atoms with Gasteiger partial charge in [0, 0.05) is 37.9 Å². The highest BCUT2D eigenvalue weighted by atomic mass is 16.5. The number of aromatic nitrogens is 2. The van der Waals surface area contributed by atoms with Crippen molar-refractivity contribution in [3.8, 4) is 0 Å². The van der Waals surface area contributed by atoms with Crippen LogP contribution in [0.4, 0.5) is 0 Å². The number of H-pyrrole nitrogens is 1. The highest BCUT2D eigenvalue weighted by molar-refractivity contribution is 5.78. The van der Waals surface area contributed by atoms with Crippen LogP contribution in [0.3, 0.4) is 0 Å². The second-order valence-electron chi connectivity index (χ2n) is 6.61. The molecule has 24 heavy (non-hydrogen) atoms. The van der Waals surface area contributed by atoms with E-state index in [0.717, 1.165) is 51.1 Å². The molecule has 0 aromatic carbocycles. The fourth-order valence-corrected chi connectivity index (χ4v) is 3.39. The molecule has 1 amide bonds. The highest BCUT2D eigenvalue weighted by Gasteiger charge is 2.24. The van der Waals surface area contributed by atoms with E-state index in [4.69, 9.17) is 4.74 Å². The van der Waals surface area contributed by atoms with Crippen molar-refractivity contribution in [2.75, 3.05) is 39.3 Å². The first-order valence-corrected chi connectivity index (χ1v) is 8.86. The van der Waals surface area contributed by atoms with Crippen LogP contribution in [0.15, 0.2) is 17.2 Å². The Morgan fingerprint density at radius 1 is 1.29 bits per heavy atom. The molecule has 0 radical (unpaired) electrons. The van der Waals surface area contributed by atoms with Gasteiger partial charge in [-0.15, -0.1) is 0 Å². The molecule has 132 valence electrons. The molecule has 0 bridgehead atoms. The molecular formula is C17H26N4O3. The second-order valence-corrected chi connectivity index (χ2v) is 6.61. The van der Waals surface area contributed by atoms with Crippen molar-refractivity contribution in [2.24, 2.45) is 0 Å². The Labute approximate surface area is 142 Å². The molecule has 2 saturated heterocycles. The normalized spacial score (nSPS) is 22.5. The average molecular weight is 334 g/mol. The first kappa shape index (κ1) is 17.1. The van der Waals surface area contributed by atoms with E-state index in [1.54, 1.807) is 0 Å². The van der Waals surface area contributed by atoms with E-state index in [-0.39, 0.29) is 17.6 Å². The minimum atomic E-state index is -0.127. The van der Waals surface area contributed by atoms with Gasteiger partial charge in [0.15, 0.2) is 0 Å². The lowest BCUT2D eigenvalue weighted by atomic mass is 10.1. The molecule has 0 unspecified atom stereocenters. The summed E-state index contributed by atoms with van der Waals surface area (Å²) in [5.41, 5.74) is 0.655. The van der Waals surface area contributed by atoms with Crippen molar-refractivity contribution < 1.29 is 9.53 Å². The third kappa shape index (κ3) is 4.88. The Balaban J connectivity index is 1.45. The number of aryl methyl sites for hydroxylation is 1. The Morgan fingerprint density at radius 3 is 2.92 bits per heavy atom. The van der Waals surface area contributed by atoms with Crippen molar-refractivity contribution in [3.63, 3.8) is 0 Å². The van der Waals surface area contributed by atoms with Crippen LogP contribution >= 0.6 is 0 Å². The Bertz CT molecular complexity index is 597. The summed E-state index contributed by atoms with van der Waals surface area (Å²) < 4.78 is 5.81. The standard InChI is InChI=1S/C17H26N4O3/c22-16-10-14(18-13-19-16)4-5-15-11-20(8-9-24-15)12-17(23)21-6-2-1-3-7-21/h10,13,15H,1-9,11-12H2,(H,18,19,22)/t15-/m0/s1. The molecule has 2 fully saturated rings. The molecule has 2 aliphatic heterocycles. The van der Waals surface area contributed by atoms with Crippen LogP contribution in [0.2, 0.25) is 0 Å². The maximum absolute atomic E-state index is 12.4. The molecule has 1 atom stereocenters. The number of piperidine rings is 1. The van der Waals surface area contributed by atoms with Gasteiger partial charge in [0.25, 0.3) is 5.56 Å². The fourth-order valence-electron chi connectivity index (χ4n) is 3.39. The van der Waals surface area contributed by atoms with Gasteiger partial charge in [0.2, 0.25) is 5.91 Å². The van der Waals surface area contributed by atoms with E-state index in [1.807, 2.05) is 4.90 Å². The molecule has 2 aliphatic rings. The van der Waals surface area contributed by atoms with Crippen LogP contribution in [-0.2, 0) is 16.0 Å². The van der Waals surface area contributed by atoms with Gasteiger partial charge in [-0.3, -0.25) is 14.5 Å². The van der Waals surface area contributed by atoms with Gasteiger partial charge in [0.1, 0.15) is 0 Å². The number of amides is 1. The molecule has 0 saturated carbocycles. The monoisotopic (exact) mass is 334 g/mol. The number of ether oxygens (including phenoxy) is 1. The molecule has 3 heterocycles. The van der Waals surface area contributed by atoms with E-state index >= 15 is 0 Å². The van der Waals surface area contributed by atoms with Crippen LogP contribution in [0.25, 0.3) is 0 Å². The summed E-state index contributed by atoms with van der Waals surface area (Å²) in [5.74, 6) is 0.242. The maximum Gasteiger partial charge on any atom is 0.250 e. The number of aromatic amines is 1. The van der Waals surface area contributed by atoms with Crippen LogP contribution in [0.5, 0.6) is 0 Å². The second kappa shape index (κ2) is 8.39. The molecule has 1 aromatic heterocycles. The lowest BCUT2D eigenvalue weighted by Gasteiger charge is -2.34. The van der Waals surface area contributed by atoms with Crippen LogP contribution < -0.4 is 5.56 Å². The summed E-state index contributed by atoms with van der Waals surface area (Å²) in [6, 6.07) is 1.53. The van der Waals surface area contributed by atoms with E-state index in [1.165, 1.54) is 18.8 Å². The van der Waals surface area contributed by atoms with Crippen molar-refractivity contribution in [1.29, 1.82) is 0 Å². The maximum atomic E-state index is 12.4. The topological polar surface area (TPSA) is 78.5 Å². The van der Waals surface area contributed by atoms with Crippen molar-refractivity contribution in [3.05, 3.63) is 28.4 Å². The van der Waals surface area contributed by atoms with E-state index in [9.17, 15) is 9.59 Å². The van der Waals surface area contributed by atoms with Crippen LogP contribution in [0.1, 0.15) is 31.4 Å². The minimum absolute atomic E-state index is 0.0917. The van der Waals surface area contributed by atoms with Gasteiger partial charge in [-0.2, -0.15) is 0 Å². The van der Waals surface area contributed by atoms with Gasteiger partial charge < -0.3 is 14.6 Å². The summed E-state index contributed by atoms with van der Waals surface area (Å²) in [5, 5.41) is 0. The molecule has 7 heteroatoms. The van der Waals surface area contributed by atoms with Crippen LogP contribution in [0, 0.1) is 0 Å². The predicted molar refractivity (Wildman–Crippen MR) is 89.8 cm³/mol. The van der Waals surface area contributed by atoms with Crippen molar-refractivity contribution in [2.45, 2.75) is 38.2 Å². The average Bonchev–Trinajstić information content (AvgIpc) is 2.61. The van der Waals surface area contributed by atoms with E-state index < -0.39 is 0 Å². The molecule has 0 aliphatic carbocycles. The SMILES string of the molecule is O=C(CN1CCO[C@@H](CCc2cc(=O)[nH]cn2)C1)N1CCCCC1. The summed E-state index contributed by atoms with van der Waals surface area (Å²) in [4.78, 5) is 34.5. The number of hydrogen-bond acceptors (Lipinski definition) is 5. The fraction of sp³-hybridized carbons (Fsp3) is 0.706. The van der Waals surface area contributed by atoms with Gasteiger partial charge in [-0.1, -0.05) is 0 Å². The Kier molecular flexibility index (Phi) is 5.98. The highest BCUT2D eigenvalue weighted by Crippen LogP contribution is 2.13. The third-order valence-corrected chi connectivity index (χ3v) is 4.75. The Morgan fingerprint density at radius 2 is 2.12 bits per heavy atom. The van der Waals surface area contributed by atoms with E-state index in [0.29, 0.717) is 19.6 Å². The number of likely N-dealkylation sites (tertiary alicyclic amines) is 1. The molecular weight excluding hydrogens is 308 g/mol. The summed E-state index contributed by atoms with van der Waals surface area (Å²) >= 11 is 0. The van der Waals surface area contributed by atoms with Gasteiger partial charge in [-0.25, -0.2) is 4.98 Å². The number of nitrogens with zero attached hydrogens (tertiary/aromatic N) is 3. The number of carbonyl (C=O) groups excluding carboxylic acids is 1. The number of hydrogen-bond donors (Lipinski definition) is 1. The zero-order valence-corrected chi connectivity index (χ0v) is 14.1. The lowest BCUT2D eigenvalue weighted by molar-refractivity contribution is -0.135.